The van der Waals surface area contributed by atoms with Crippen molar-refractivity contribution in [2.45, 2.75) is 4.83 Å². The van der Waals surface area contributed by atoms with Crippen molar-refractivity contribution in [2.24, 2.45) is 0 Å². The van der Waals surface area contributed by atoms with Gasteiger partial charge in [0, 0.05) is 15.6 Å². The van der Waals surface area contributed by atoms with Gasteiger partial charge in [-0.2, -0.15) is 0 Å². The average molecular weight is 334 g/mol. The Kier molecular flexibility index (Phi) is 4.08. The van der Waals surface area contributed by atoms with E-state index < -0.39 is 0 Å². The van der Waals surface area contributed by atoms with E-state index in [1.165, 1.54) is 6.07 Å². The van der Waals surface area contributed by atoms with Gasteiger partial charge in [-0.25, -0.2) is 4.39 Å². The minimum atomic E-state index is -0.310. The molecule has 0 spiro atoms. The van der Waals surface area contributed by atoms with Gasteiger partial charge in [-0.3, -0.25) is 0 Å². The molecule has 0 aromatic heterocycles. The highest BCUT2D eigenvalue weighted by atomic mass is 79.9. The van der Waals surface area contributed by atoms with Gasteiger partial charge in [0.2, 0.25) is 0 Å². The summed E-state index contributed by atoms with van der Waals surface area (Å²) in [6, 6.07) is 11.7. The predicted molar refractivity (Wildman–Crippen MR) is 73.6 cm³/mol. The lowest BCUT2D eigenvalue weighted by molar-refractivity contribution is 0.613. The molecule has 0 heterocycles. The Morgan fingerprint density at radius 2 is 1.71 bits per heavy atom. The van der Waals surface area contributed by atoms with Crippen molar-refractivity contribution in [1.29, 1.82) is 0 Å². The summed E-state index contributed by atoms with van der Waals surface area (Å²) in [6.07, 6.45) is 0. The first-order valence-electron chi connectivity index (χ1n) is 4.93. The van der Waals surface area contributed by atoms with Crippen molar-refractivity contribution in [3.05, 3.63) is 69.5 Å². The van der Waals surface area contributed by atoms with Crippen molar-refractivity contribution in [1.82, 2.24) is 0 Å². The van der Waals surface area contributed by atoms with E-state index >= 15 is 0 Å². The van der Waals surface area contributed by atoms with Gasteiger partial charge in [-0.1, -0.05) is 57.3 Å². The first kappa shape index (κ1) is 12.9. The largest absolute Gasteiger partial charge is 0.207 e. The molecule has 0 aliphatic rings. The topological polar surface area (TPSA) is 0 Å². The normalized spacial score (nSPS) is 12.5. The molecule has 0 saturated heterocycles. The number of benzene rings is 2. The van der Waals surface area contributed by atoms with Crippen molar-refractivity contribution in [3.8, 4) is 0 Å². The van der Waals surface area contributed by atoms with Crippen LogP contribution in [0.3, 0.4) is 0 Å². The van der Waals surface area contributed by atoms with E-state index in [9.17, 15) is 4.39 Å². The van der Waals surface area contributed by atoms with E-state index in [0.29, 0.717) is 15.6 Å². The maximum atomic E-state index is 13.7. The van der Waals surface area contributed by atoms with Crippen molar-refractivity contribution >= 4 is 39.1 Å². The zero-order valence-electron chi connectivity index (χ0n) is 8.63. The van der Waals surface area contributed by atoms with Crippen LogP contribution in [0.5, 0.6) is 0 Å². The number of hydrogen-bond donors (Lipinski definition) is 0. The molecule has 1 unspecified atom stereocenters. The van der Waals surface area contributed by atoms with Gasteiger partial charge >= 0.3 is 0 Å². The molecule has 1 atom stereocenters. The molecule has 88 valence electrons. The van der Waals surface area contributed by atoms with Gasteiger partial charge in [0.15, 0.2) is 0 Å². The van der Waals surface area contributed by atoms with Crippen LogP contribution in [0.1, 0.15) is 16.0 Å². The Balaban J connectivity index is 2.47. The molecule has 2 aromatic rings. The number of hydrogen-bond acceptors (Lipinski definition) is 0. The molecule has 0 aliphatic heterocycles. The molecular weight excluding hydrogens is 326 g/mol. The molecule has 0 nitrogen and oxygen atoms in total. The highest BCUT2D eigenvalue weighted by Crippen LogP contribution is 2.37. The number of rotatable bonds is 2. The second-order valence-electron chi connectivity index (χ2n) is 3.55. The lowest BCUT2D eigenvalue weighted by Gasteiger charge is -2.13. The zero-order valence-corrected chi connectivity index (χ0v) is 11.7. The molecule has 0 N–H and O–H groups in total. The molecule has 0 fully saturated rings. The van der Waals surface area contributed by atoms with E-state index in [-0.39, 0.29) is 10.6 Å². The van der Waals surface area contributed by atoms with E-state index in [1.807, 2.05) is 0 Å². The Labute approximate surface area is 117 Å². The highest BCUT2D eigenvalue weighted by Gasteiger charge is 2.17. The maximum Gasteiger partial charge on any atom is 0.127 e. The second-order valence-corrected chi connectivity index (χ2v) is 5.31. The molecule has 0 bridgehead atoms. The molecule has 0 amide bonds. The molecule has 0 aliphatic carbocycles. The number of alkyl halides is 1. The van der Waals surface area contributed by atoms with E-state index in [1.54, 1.807) is 36.4 Å². The van der Waals surface area contributed by atoms with Crippen LogP contribution in [0.2, 0.25) is 10.0 Å². The Bertz CT molecular complexity index is 543. The summed E-state index contributed by atoms with van der Waals surface area (Å²) in [5.41, 5.74) is 1.29. The minimum Gasteiger partial charge on any atom is -0.207 e. The molecule has 2 aromatic carbocycles. The highest BCUT2D eigenvalue weighted by molar-refractivity contribution is 9.09. The Morgan fingerprint density at radius 1 is 1.00 bits per heavy atom. The van der Waals surface area contributed by atoms with Crippen LogP contribution >= 0.6 is 39.1 Å². The van der Waals surface area contributed by atoms with E-state index in [2.05, 4.69) is 15.9 Å². The van der Waals surface area contributed by atoms with Crippen molar-refractivity contribution in [2.75, 3.05) is 0 Å². The third kappa shape index (κ3) is 2.82. The van der Waals surface area contributed by atoms with Crippen LogP contribution in [-0.2, 0) is 0 Å². The smallest absolute Gasteiger partial charge is 0.127 e. The Hall–Kier alpha value is -0.570. The van der Waals surface area contributed by atoms with Crippen LogP contribution in [0.4, 0.5) is 4.39 Å². The van der Waals surface area contributed by atoms with Gasteiger partial charge in [0.1, 0.15) is 5.82 Å². The summed E-state index contributed by atoms with van der Waals surface area (Å²) < 4.78 is 13.7. The summed E-state index contributed by atoms with van der Waals surface area (Å²) in [5, 5.41) is 1.13. The van der Waals surface area contributed by atoms with Gasteiger partial charge in [-0.05, 0) is 29.8 Å². The second kappa shape index (κ2) is 5.38. The summed E-state index contributed by atoms with van der Waals surface area (Å²) in [7, 11) is 0. The lowest BCUT2D eigenvalue weighted by atomic mass is 10.0. The van der Waals surface area contributed by atoms with Gasteiger partial charge in [0.25, 0.3) is 0 Å². The fourth-order valence-corrected chi connectivity index (χ4v) is 2.85. The average Bonchev–Trinajstić information content (AvgIpc) is 2.32. The monoisotopic (exact) mass is 332 g/mol. The van der Waals surface area contributed by atoms with Crippen molar-refractivity contribution < 1.29 is 4.39 Å². The molecule has 4 heteroatoms. The quantitative estimate of drug-likeness (QED) is 0.626. The van der Waals surface area contributed by atoms with Crippen LogP contribution in [-0.4, -0.2) is 0 Å². The molecule has 0 saturated carbocycles. The maximum absolute atomic E-state index is 13.7. The summed E-state index contributed by atoms with van der Waals surface area (Å²) in [6.45, 7) is 0. The first-order valence-corrected chi connectivity index (χ1v) is 6.60. The van der Waals surface area contributed by atoms with Crippen LogP contribution in [0, 0.1) is 5.82 Å². The Morgan fingerprint density at radius 3 is 2.41 bits per heavy atom. The standard InChI is InChI=1S/C13H8BrCl2F/c14-13(9-3-1-2-4-12(9)17)10-7-8(15)5-6-11(10)16/h1-7,13H. The molecule has 0 radical (unpaired) electrons. The van der Waals surface area contributed by atoms with E-state index in [0.717, 1.165) is 5.56 Å². The summed E-state index contributed by atoms with van der Waals surface area (Å²) >= 11 is 15.4. The molecule has 17 heavy (non-hydrogen) atoms. The first-order chi connectivity index (χ1) is 8.09. The summed E-state index contributed by atoms with van der Waals surface area (Å²) in [4.78, 5) is -0.310. The zero-order chi connectivity index (χ0) is 12.4. The van der Waals surface area contributed by atoms with Gasteiger partial charge in [-0.15, -0.1) is 0 Å². The summed E-state index contributed by atoms with van der Waals surface area (Å²) in [5.74, 6) is -0.273. The third-order valence-corrected chi connectivity index (χ3v) is 3.98. The van der Waals surface area contributed by atoms with Gasteiger partial charge in [0.05, 0.1) is 4.83 Å². The lowest BCUT2D eigenvalue weighted by Crippen LogP contribution is -1.97. The molecule has 2 rings (SSSR count). The van der Waals surface area contributed by atoms with Crippen LogP contribution in [0.25, 0.3) is 0 Å². The minimum absolute atomic E-state index is 0.273. The van der Waals surface area contributed by atoms with Crippen LogP contribution in [0.15, 0.2) is 42.5 Å². The van der Waals surface area contributed by atoms with Crippen molar-refractivity contribution in [3.63, 3.8) is 0 Å². The third-order valence-electron chi connectivity index (χ3n) is 2.41. The van der Waals surface area contributed by atoms with Crippen LogP contribution < -0.4 is 0 Å². The molecular formula is C13H8BrCl2F. The van der Waals surface area contributed by atoms with E-state index in [4.69, 9.17) is 23.2 Å². The number of halogens is 4. The predicted octanol–water partition coefficient (Wildman–Crippen LogP) is 5.62. The fourth-order valence-electron chi connectivity index (χ4n) is 1.56. The fraction of sp³-hybridized carbons (Fsp3) is 0.0769. The SMILES string of the molecule is Fc1ccccc1C(Br)c1cc(Cl)ccc1Cl. The van der Waals surface area contributed by atoms with Gasteiger partial charge < -0.3 is 0 Å².